The summed E-state index contributed by atoms with van der Waals surface area (Å²) in [6, 6.07) is 12.4. The summed E-state index contributed by atoms with van der Waals surface area (Å²) in [6.07, 6.45) is 0. The summed E-state index contributed by atoms with van der Waals surface area (Å²) in [7, 11) is -3.50. The monoisotopic (exact) mass is 354 g/mol. The van der Waals surface area contributed by atoms with Gasteiger partial charge in [-0.05, 0) is 48.5 Å². The number of benzene rings is 2. The van der Waals surface area contributed by atoms with Crippen LogP contribution in [0.5, 0.6) is 0 Å². The molecule has 1 saturated heterocycles. The van der Waals surface area contributed by atoms with Crippen LogP contribution in [-0.4, -0.2) is 38.9 Å². The van der Waals surface area contributed by atoms with Crippen LogP contribution in [0, 0.1) is 5.82 Å². The van der Waals surface area contributed by atoms with Gasteiger partial charge in [0.2, 0.25) is 10.0 Å². The maximum atomic E-state index is 13.0. The van der Waals surface area contributed by atoms with Crippen molar-refractivity contribution in [3.05, 3.63) is 59.4 Å². The van der Waals surface area contributed by atoms with Crippen LogP contribution in [0.25, 0.3) is 0 Å². The average Bonchev–Trinajstić information content (AvgIpc) is 2.56. The highest BCUT2D eigenvalue weighted by atomic mass is 35.5. The summed E-state index contributed by atoms with van der Waals surface area (Å²) in [4.78, 5) is 2.30. The minimum atomic E-state index is -3.50. The van der Waals surface area contributed by atoms with Gasteiger partial charge in [-0.2, -0.15) is 4.31 Å². The zero-order valence-corrected chi connectivity index (χ0v) is 13.9. The van der Waals surface area contributed by atoms with E-state index in [-0.39, 0.29) is 10.7 Å². The smallest absolute Gasteiger partial charge is 0.243 e. The van der Waals surface area contributed by atoms with Gasteiger partial charge < -0.3 is 4.90 Å². The van der Waals surface area contributed by atoms with Gasteiger partial charge in [0.1, 0.15) is 5.82 Å². The third-order valence-corrected chi connectivity index (χ3v) is 6.05. The number of sulfonamides is 1. The Balaban J connectivity index is 1.70. The number of nitrogens with zero attached hydrogens (tertiary/aromatic N) is 2. The predicted octanol–water partition coefficient (Wildman–Crippen LogP) is 2.99. The molecule has 1 fully saturated rings. The van der Waals surface area contributed by atoms with Crippen molar-refractivity contribution in [3.8, 4) is 0 Å². The van der Waals surface area contributed by atoms with Gasteiger partial charge in [0.25, 0.3) is 0 Å². The van der Waals surface area contributed by atoms with Gasteiger partial charge >= 0.3 is 0 Å². The second kappa shape index (κ2) is 6.47. The van der Waals surface area contributed by atoms with Crippen molar-refractivity contribution in [2.75, 3.05) is 31.1 Å². The Morgan fingerprint density at radius 3 is 2.00 bits per heavy atom. The first-order valence-corrected chi connectivity index (χ1v) is 9.05. The molecule has 0 radical (unpaired) electrons. The highest BCUT2D eigenvalue weighted by Gasteiger charge is 2.28. The molecule has 1 heterocycles. The van der Waals surface area contributed by atoms with Gasteiger partial charge in [-0.15, -0.1) is 0 Å². The first-order chi connectivity index (χ1) is 11.0. The van der Waals surface area contributed by atoms with Gasteiger partial charge in [0.15, 0.2) is 0 Å². The molecule has 0 atom stereocenters. The lowest BCUT2D eigenvalue weighted by Crippen LogP contribution is -2.48. The summed E-state index contributed by atoms with van der Waals surface area (Å²) < 4.78 is 39.6. The van der Waals surface area contributed by atoms with Crippen molar-refractivity contribution in [1.29, 1.82) is 0 Å². The van der Waals surface area contributed by atoms with Crippen LogP contribution < -0.4 is 4.90 Å². The molecule has 0 aromatic heterocycles. The van der Waals surface area contributed by atoms with E-state index in [1.807, 2.05) is 4.90 Å². The lowest BCUT2D eigenvalue weighted by atomic mass is 10.2. The topological polar surface area (TPSA) is 40.6 Å². The quantitative estimate of drug-likeness (QED) is 0.850. The number of halogens is 2. The Morgan fingerprint density at radius 1 is 0.870 bits per heavy atom. The number of hydrogen-bond acceptors (Lipinski definition) is 3. The molecule has 4 nitrogen and oxygen atoms in total. The normalized spacial score (nSPS) is 16.5. The highest BCUT2D eigenvalue weighted by molar-refractivity contribution is 7.89. The third-order valence-electron chi connectivity index (χ3n) is 3.88. The minimum absolute atomic E-state index is 0.247. The molecule has 0 bridgehead atoms. The van der Waals surface area contributed by atoms with E-state index in [9.17, 15) is 12.8 Å². The van der Waals surface area contributed by atoms with E-state index >= 15 is 0 Å². The third kappa shape index (κ3) is 3.49. The molecule has 0 spiro atoms. The molecule has 0 amide bonds. The van der Waals surface area contributed by atoms with E-state index in [4.69, 9.17) is 11.6 Å². The minimum Gasteiger partial charge on any atom is -0.369 e. The van der Waals surface area contributed by atoms with E-state index in [0.29, 0.717) is 31.2 Å². The van der Waals surface area contributed by atoms with E-state index in [1.165, 1.54) is 28.6 Å². The van der Waals surface area contributed by atoms with Crippen molar-refractivity contribution in [1.82, 2.24) is 4.31 Å². The maximum absolute atomic E-state index is 13.0. The van der Waals surface area contributed by atoms with Crippen molar-refractivity contribution in [3.63, 3.8) is 0 Å². The number of piperazine rings is 1. The summed E-state index contributed by atoms with van der Waals surface area (Å²) in [5, 5.41) is 0.505. The second-order valence-electron chi connectivity index (χ2n) is 5.32. The van der Waals surface area contributed by atoms with E-state index < -0.39 is 10.0 Å². The first-order valence-electron chi connectivity index (χ1n) is 7.23. The van der Waals surface area contributed by atoms with Gasteiger partial charge in [-0.25, -0.2) is 12.8 Å². The van der Waals surface area contributed by atoms with Gasteiger partial charge in [-0.3, -0.25) is 0 Å². The molecule has 2 aromatic rings. The first kappa shape index (κ1) is 16.2. The lowest BCUT2D eigenvalue weighted by molar-refractivity contribution is 0.385. The number of hydrogen-bond donors (Lipinski definition) is 0. The lowest BCUT2D eigenvalue weighted by Gasteiger charge is -2.35. The maximum Gasteiger partial charge on any atom is 0.243 e. The molecule has 0 saturated carbocycles. The standard InChI is InChI=1S/C16H16ClFN2O2S/c17-13-1-7-16(8-2-13)23(21,22)20-11-9-19(10-12-20)15-5-3-14(18)4-6-15/h1-8H,9-12H2. The summed E-state index contributed by atoms with van der Waals surface area (Å²) in [6.45, 7) is 1.92. The fourth-order valence-corrected chi connectivity index (χ4v) is 4.14. The van der Waals surface area contributed by atoms with E-state index in [2.05, 4.69) is 0 Å². The van der Waals surface area contributed by atoms with Crippen LogP contribution in [0.1, 0.15) is 0 Å². The summed E-state index contributed by atoms with van der Waals surface area (Å²) in [5.41, 5.74) is 0.898. The molecule has 23 heavy (non-hydrogen) atoms. The Bertz CT molecular complexity index is 771. The summed E-state index contributed by atoms with van der Waals surface area (Å²) in [5.74, 6) is -0.280. The Labute approximate surface area is 140 Å². The van der Waals surface area contributed by atoms with Crippen molar-refractivity contribution in [2.45, 2.75) is 4.90 Å². The molecule has 0 aliphatic carbocycles. The molecule has 7 heteroatoms. The Morgan fingerprint density at radius 2 is 1.43 bits per heavy atom. The van der Waals surface area contributed by atoms with Crippen molar-refractivity contribution >= 4 is 27.3 Å². The molecule has 1 aliphatic rings. The molecular formula is C16H16ClFN2O2S. The van der Waals surface area contributed by atoms with Crippen LogP contribution in [0.3, 0.4) is 0 Å². The number of anilines is 1. The van der Waals surface area contributed by atoms with Crippen molar-refractivity contribution < 1.29 is 12.8 Å². The molecule has 122 valence electrons. The molecular weight excluding hydrogens is 339 g/mol. The molecule has 3 rings (SSSR count). The molecule has 0 unspecified atom stereocenters. The Hall–Kier alpha value is -1.63. The van der Waals surface area contributed by atoms with Gasteiger partial charge in [0.05, 0.1) is 4.90 Å². The molecule has 0 N–H and O–H groups in total. The van der Waals surface area contributed by atoms with Crippen LogP contribution >= 0.6 is 11.6 Å². The highest BCUT2D eigenvalue weighted by Crippen LogP contribution is 2.22. The van der Waals surface area contributed by atoms with Crippen LogP contribution in [-0.2, 0) is 10.0 Å². The second-order valence-corrected chi connectivity index (χ2v) is 7.70. The molecule has 1 aliphatic heterocycles. The van der Waals surface area contributed by atoms with Crippen LogP contribution in [0.2, 0.25) is 5.02 Å². The van der Waals surface area contributed by atoms with E-state index in [1.54, 1.807) is 24.3 Å². The fourth-order valence-electron chi connectivity index (χ4n) is 2.59. The Kier molecular flexibility index (Phi) is 4.57. The zero-order valence-electron chi connectivity index (χ0n) is 12.3. The fraction of sp³-hybridized carbons (Fsp3) is 0.250. The van der Waals surface area contributed by atoms with E-state index in [0.717, 1.165) is 5.69 Å². The average molecular weight is 355 g/mol. The largest absolute Gasteiger partial charge is 0.369 e. The van der Waals surface area contributed by atoms with Crippen LogP contribution in [0.4, 0.5) is 10.1 Å². The SMILES string of the molecule is O=S(=O)(c1ccc(Cl)cc1)N1CCN(c2ccc(F)cc2)CC1. The van der Waals surface area contributed by atoms with Gasteiger partial charge in [0, 0.05) is 36.9 Å². The number of rotatable bonds is 3. The van der Waals surface area contributed by atoms with Crippen molar-refractivity contribution in [2.24, 2.45) is 0 Å². The van der Waals surface area contributed by atoms with Crippen LogP contribution in [0.15, 0.2) is 53.4 Å². The summed E-state index contributed by atoms with van der Waals surface area (Å²) >= 11 is 5.80. The van der Waals surface area contributed by atoms with Gasteiger partial charge in [-0.1, -0.05) is 11.6 Å². The predicted molar refractivity (Wildman–Crippen MR) is 88.8 cm³/mol. The molecule has 2 aromatic carbocycles. The zero-order chi connectivity index (χ0) is 16.4.